The first-order chi connectivity index (χ1) is 7.16. The van der Waals surface area contributed by atoms with Gasteiger partial charge in [-0.15, -0.1) is 0 Å². The summed E-state index contributed by atoms with van der Waals surface area (Å²) in [6, 6.07) is 0. The minimum absolute atomic E-state index is 0.0195. The van der Waals surface area contributed by atoms with E-state index in [9.17, 15) is 26.7 Å². The summed E-state index contributed by atoms with van der Waals surface area (Å²) in [7, 11) is -3.09. The van der Waals surface area contributed by atoms with Gasteiger partial charge in [-0.1, -0.05) is 6.92 Å². The molecular formula is C9H17F3O3S. The quantitative estimate of drug-likeness (QED) is 0.762. The minimum atomic E-state index is -4.27. The van der Waals surface area contributed by atoms with Crippen LogP contribution in [0.4, 0.5) is 13.2 Å². The highest BCUT2D eigenvalue weighted by atomic mass is 32.2. The van der Waals surface area contributed by atoms with Gasteiger partial charge in [0.25, 0.3) is 0 Å². The van der Waals surface area contributed by atoms with E-state index in [4.69, 9.17) is 0 Å². The predicted octanol–water partition coefficient (Wildman–Crippen LogP) is 1.90. The Labute approximate surface area is 93.6 Å². The van der Waals surface area contributed by atoms with Gasteiger partial charge in [0.2, 0.25) is 0 Å². The highest BCUT2D eigenvalue weighted by molar-refractivity contribution is 7.91. The maximum absolute atomic E-state index is 11.8. The van der Waals surface area contributed by atoms with Crippen molar-refractivity contribution in [3.8, 4) is 0 Å². The Morgan fingerprint density at radius 2 is 1.81 bits per heavy atom. The molecule has 0 aliphatic heterocycles. The van der Waals surface area contributed by atoms with Crippen molar-refractivity contribution in [2.75, 3.05) is 11.5 Å². The standard InChI is InChI=1S/C9H17F3O3S/c1-2-16(14,15)7-3-4-8(13)5-6-9(10,11)12/h8,13H,2-7H2,1H3. The summed E-state index contributed by atoms with van der Waals surface area (Å²) in [4.78, 5) is 0. The van der Waals surface area contributed by atoms with Gasteiger partial charge in [0.15, 0.2) is 0 Å². The van der Waals surface area contributed by atoms with Gasteiger partial charge in [-0.25, -0.2) is 8.42 Å². The Kier molecular flexibility index (Phi) is 6.32. The van der Waals surface area contributed by atoms with Crippen molar-refractivity contribution in [2.45, 2.75) is 44.9 Å². The molecule has 0 saturated heterocycles. The van der Waals surface area contributed by atoms with Gasteiger partial charge >= 0.3 is 6.18 Å². The Bertz CT molecular complexity index is 285. The number of sulfone groups is 1. The monoisotopic (exact) mass is 262 g/mol. The number of alkyl halides is 3. The molecule has 0 fully saturated rings. The summed E-state index contributed by atoms with van der Waals surface area (Å²) in [5.41, 5.74) is 0. The molecule has 3 nitrogen and oxygen atoms in total. The Balaban J connectivity index is 3.71. The highest BCUT2D eigenvalue weighted by Crippen LogP contribution is 2.23. The SMILES string of the molecule is CCS(=O)(=O)CCCC(O)CCC(F)(F)F. The van der Waals surface area contributed by atoms with Gasteiger partial charge < -0.3 is 5.11 Å². The van der Waals surface area contributed by atoms with Crippen molar-refractivity contribution in [3.63, 3.8) is 0 Å². The van der Waals surface area contributed by atoms with Crippen LogP contribution in [-0.2, 0) is 9.84 Å². The zero-order valence-corrected chi connectivity index (χ0v) is 9.94. The average Bonchev–Trinajstić information content (AvgIpc) is 2.13. The molecule has 1 atom stereocenters. The van der Waals surface area contributed by atoms with Crippen LogP contribution >= 0.6 is 0 Å². The van der Waals surface area contributed by atoms with E-state index in [-0.39, 0.29) is 30.8 Å². The van der Waals surface area contributed by atoms with Gasteiger partial charge in [-0.2, -0.15) is 13.2 Å². The number of rotatable bonds is 7. The fraction of sp³-hybridized carbons (Fsp3) is 1.00. The molecule has 16 heavy (non-hydrogen) atoms. The molecule has 0 heterocycles. The second kappa shape index (κ2) is 6.44. The molecule has 0 bridgehead atoms. The lowest BCUT2D eigenvalue weighted by Crippen LogP contribution is -2.16. The van der Waals surface area contributed by atoms with Crippen LogP contribution in [0.3, 0.4) is 0 Å². The largest absolute Gasteiger partial charge is 0.393 e. The van der Waals surface area contributed by atoms with Crippen LogP contribution in [0.25, 0.3) is 0 Å². The van der Waals surface area contributed by atoms with Crippen LogP contribution in [0.1, 0.15) is 32.6 Å². The van der Waals surface area contributed by atoms with Crippen LogP contribution in [0.5, 0.6) is 0 Å². The molecule has 0 rings (SSSR count). The zero-order chi connectivity index (χ0) is 12.8. The number of hydrogen-bond donors (Lipinski definition) is 1. The van der Waals surface area contributed by atoms with Crippen molar-refractivity contribution in [1.82, 2.24) is 0 Å². The molecule has 98 valence electrons. The number of aliphatic hydroxyl groups is 1. The summed E-state index contributed by atoms with van der Waals surface area (Å²) in [6.07, 6.45) is -6.44. The highest BCUT2D eigenvalue weighted by Gasteiger charge is 2.27. The number of aliphatic hydroxyl groups excluding tert-OH is 1. The summed E-state index contributed by atoms with van der Waals surface area (Å²) in [6.45, 7) is 1.51. The van der Waals surface area contributed by atoms with Crippen LogP contribution in [0.15, 0.2) is 0 Å². The average molecular weight is 262 g/mol. The molecule has 1 unspecified atom stereocenters. The van der Waals surface area contributed by atoms with E-state index in [1.54, 1.807) is 0 Å². The summed E-state index contributed by atoms with van der Waals surface area (Å²) in [5, 5.41) is 9.19. The van der Waals surface area contributed by atoms with Gasteiger partial charge in [0, 0.05) is 12.2 Å². The summed E-state index contributed by atoms with van der Waals surface area (Å²) in [5.74, 6) is -0.0573. The minimum Gasteiger partial charge on any atom is -0.393 e. The number of halogens is 3. The molecule has 1 N–H and O–H groups in total. The molecule has 0 radical (unpaired) electrons. The second-order valence-corrected chi connectivity index (χ2v) is 6.16. The Morgan fingerprint density at radius 3 is 2.25 bits per heavy atom. The lowest BCUT2D eigenvalue weighted by Gasteiger charge is -2.11. The molecule has 0 aromatic rings. The van der Waals surface area contributed by atoms with Gasteiger partial charge in [0.05, 0.1) is 11.9 Å². The van der Waals surface area contributed by atoms with E-state index in [1.807, 2.05) is 0 Å². The van der Waals surface area contributed by atoms with Crippen molar-refractivity contribution in [3.05, 3.63) is 0 Å². The normalized spacial score (nSPS) is 15.1. The first-order valence-electron chi connectivity index (χ1n) is 5.11. The molecule has 7 heteroatoms. The predicted molar refractivity (Wildman–Crippen MR) is 54.9 cm³/mol. The van der Waals surface area contributed by atoms with Crippen LogP contribution in [0.2, 0.25) is 0 Å². The third-order valence-electron chi connectivity index (χ3n) is 2.19. The smallest absolute Gasteiger partial charge is 0.389 e. The molecular weight excluding hydrogens is 245 g/mol. The van der Waals surface area contributed by atoms with Gasteiger partial charge in [-0.05, 0) is 19.3 Å². The van der Waals surface area contributed by atoms with Crippen molar-refractivity contribution >= 4 is 9.84 Å². The Morgan fingerprint density at radius 1 is 1.25 bits per heavy atom. The van der Waals surface area contributed by atoms with E-state index in [2.05, 4.69) is 0 Å². The van der Waals surface area contributed by atoms with Crippen LogP contribution < -0.4 is 0 Å². The molecule has 0 amide bonds. The zero-order valence-electron chi connectivity index (χ0n) is 9.13. The third-order valence-corrected chi connectivity index (χ3v) is 3.98. The maximum atomic E-state index is 11.8. The molecule has 0 aromatic heterocycles. The summed E-state index contributed by atoms with van der Waals surface area (Å²) >= 11 is 0. The number of hydrogen-bond acceptors (Lipinski definition) is 3. The van der Waals surface area contributed by atoms with Crippen LogP contribution in [0, 0.1) is 0 Å². The van der Waals surface area contributed by atoms with Crippen molar-refractivity contribution < 1.29 is 26.7 Å². The van der Waals surface area contributed by atoms with Crippen molar-refractivity contribution in [2.24, 2.45) is 0 Å². The first kappa shape index (κ1) is 15.7. The maximum Gasteiger partial charge on any atom is 0.389 e. The molecule has 0 aromatic carbocycles. The van der Waals surface area contributed by atoms with E-state index < -0.39 is 28.5 Å². The van der Waals surface area contributed by atoms with Gasteiger partial charge in [-0.3, -0.25) is 0 Å². The Hall–Kier alpha value is -0.300. The molecule has 0 aliphatic carbocycles. The lowest BCUT2D eigenvalue weighted by atomic mass is 10.1. The van der Waals surface area contributed by atoms with Gasteiger partial charge in [0.1, 0.15) is 9.84 Å². The molecule has 0 spiro atoms. The molecule has 0 saturated carbocycles. The molecule has 0 aliphatic rings. The fourth-order valence-electron chi connectivity index (χ4n) is 1.16. The van der Waals surface area contributed by atoms with E-state index in [1.165, 1.54) is 6.92 Å². The fourth-order valence-corrected chi connectivity index (χ4v) is 2.05. The second-order valence-electron chi connectivity index (χ2n) is 3.69. The van der Waals surface area contributed by atoms with E-state index >= 15 is 0 Å². The topological polar surface area (TPSA) is 54.4 Å². The van der Waals surface area contributed by atoms with E-state index in [0.29, 0.717) is 0 Å². The van der Waals surface area contributed by atoms with Crippen LogP contribution in [-0.4, -0.2) is 37.3 Å². The summed E-state index contributed by atoms with van der Waals surface area (Å²) < 4.78 is 57.4. The lowest BCUT2D eigenvalue weighted by molar-refractivity contribution is -0.140. The third kappa shape index (κ3) is 8.96. The van der Waals surface area contributed by atoms with Crippen molar-refractivity contribution in [1.29, 1.82) is 0 Å². The van der Waals surface area contributed by atoms with E-state index in [0.717, 1.165) is 0 Å². The first-order valence-corrected chi connectivity index (χ1v) is 6.93.